The molecule has 0 heterocycles. The van der Waals surface area contributed by atoms with Gasteiger partial charge in [-0.3, -0.25) is 0 Å². The van der Waals surface area contributed by atoms with Crippen molar-refractivity contribution < 1.29 is 8.42 Å². The van der Waals surface area contributed by atoms with E-state index < -0.39 is 9.84 Å². The minimum atomic E-state index is -3.16. The average Bonchev–Trinajstić information content (AvgIpc) is 2.66. The Kier molecular flexibility index (Phi) is 5.74. The van der Waals surface area contributed by atoms with Gasteiger partial charge in [0.15, 0.2) is 0 Å². The van der Waals surface area contributed by atoms with Gasteiger partial charge in [0, 0.05) is 17.9 Å². The van der Waals surface area contributed by atoms with E-state index in [4.69, 9.17) is 0 Å². The fourth-order valence-electron chi connectivity index (χ4n) is 3.20. The molecule has 1 unspecified atom stereocenters. The first kappa shape index (κ1) is 18.2. The summed E-state index contributed by atoms with van der Waals surface area (Å²) in [6, 6.07) is 29.6. The first-order valence-electron chi connectivity index (χ1n) is 8.62. The summed E-state index contributed by atoms with van der Waals surface area (Å²) < 4.78 is 24.4. The number of sulfone groups is 1. The summed E-state index contributed by atoms with van der Waals surface area (Å²) in [4.78, 5) is 0. The minimum Gasteiger partial charge on any atom is -0.378 e. The van der Waals surface area contributed by atoms with E-state index in [2.05, 4.69) is 5.32 Å². The normalized spacial score (nSPS) is 13.7. The number of hydrogen-bond donors (Lipinski definition) is 1. The van der Waals surface area contributed by atoms with Crippen molar-refractivity contribution >= 4 is 15.5 Å². The van der Waals surface area contributed by atoms with Crippen LogP contribution in [0.2, 0.25) is 0 Å². The first-order valence-corrected chi connectivity index (χ1v) is 10.7. The Hall–Kier alpha value is -2.59. The molecular weight excluding hydrogens is 342 g/mol. The molecule has 0 aliphatic rings. The topological polar surface area (TPSA) is 46.2 Å². The van der Waals surface area contributed by atoms with Crippen molar-refractivity contribution in [2.24, 2.45) is 0 Å². The van der Waals surface area contributed by atoms with Gasteiger partial charge in [0.1, 0.15) is 9.84 Å². The SMILES string of the molecule is CS(=O)(=O)CC(c1ccccc1)[C@@H](Nc1ccccc1)c1ccccc1. The van der Waals surface area contributed by atoms with E-state index in [0.717, 1.165) is 16.8 Å². The van der Waals surface area contributed by atoms with Crippen LogP contribution in [0.5, 0.6) is 0 Å². The van der Waals surface area contributed by atoms with Gasteiger partial charge in [-0.25, -0.2) is 8.42 Å². The fraction of sp³-hybridized carbons (Fsp3) is 0.182. The second-order valence-corrected chi connectivity index (χ2v) is 8.69. The lowest BCUT2D eigenvalue weighted by Gasteiger charge is -2.29. The minimum absolute atomic E-state index is 0.0798. The van der Waals surface area contributed by atoms with E-state index in [1.807, 2.05) is 91.0 Å². The molecule has 0 aromatic heterocycles. The van der Waals surface area contributed by atoms with Gasteiger partial charge in [0.2, 0.25) is 0 Å². The molecule has 4 heteroatoms. The zero-order valence-corrected chi connectivity index (χ0v) is 15.6. The van der Waals surface area contributed by atoms with Crippen molar-refractivity contribution in [1.29, 1.82) is 0 Å². The predicted molar refractivity (Wildman–Crippen MR) is 108 cm³/mol. The third-order valence-electron chi connectivity index (χ3n) is 4.37. The second-order valence-electron chi connectivity index (χ2n) is 6.51. The molecule has 3 aromatic rings. The van der Waals surface area contributed by atoms with Crippen LogP contribution in [0, 0.1) is 0 Å². The lowest BCUT2D eigenvalue weighted by molar-refractivity contribution is 0.577. The van der Waals surface area contributed by atoms with Crippen LogP contribution in [0.4, 0.5) is 5.69 Å². The van der Waals surface area contributed by atoms with Crippen LogP contribution in [-0.2, 0) is 9.84 Å². The lowest BCUT2D eigenvalue weighted by Crippen LogP contribution is -2.25. The molecule has 0 fully saturated rings. The average molecular weight is 365 g/mol. The Morgan fingerprint density at radius 1 is 0.731 bits per heavy atom. The maximum atomic E-state index is 12.2. The Labute approximate surface area is 155 Å². The van der Waals surface area contributed by atoms with Gasteiger partial charge in [0.25, 0.3) is 0 Å². The highest BCUT2D eigenvalue weighted by Crippen LogP contribution is 2.35. The van der Waals surface area contributed by atoms with Crippen LogP contribution in [-0.4, -0.2) is 20.4 Å². The van der Waals surface area contributed by atoms with Gasteiger partial charge in [-0.1, -0.05) is 78.9 Å². The van der Waals surface area contributed by atoms with E-state index in [1.165, 1.54) is 6.26 Å². The lowest BCUT2D eigenvalue weighted by atomic mass is 9.88. The molecule has 0 saturated carbocycles. The van der Waals surface area contributed by atoms with Gasteiger partial charge in [0.05, 0.1) is 11.8 Å². The van der Waals surface area contributed by atoms with E-state index >= 15 is 0 Å². The number of nitrogens with one attached hydrogen (secondary N) is 1. The van der Waals surface area contributed by atoms with Crippen molar-refractivity contribution in [3.05, 3.63) is 102 Å². The van der Waals surface area contributed by atoms with Gasteiger partial charge >= 0.3 is 0 Å². The monoisotopic (exact) mass is 365 g/mol. The van der Waals surface area contributed by atoms with Gasteiger partial charge in [-0.05, 0) is 23.3 Å². The maximum absolute atomic E-state index is 12.2. The quantitative estimate of drug-likeness (QED) is 0.662. The molecule has 0 bridgehead atoms. The van der Waals surface area contributed by atoms with Gasteiger partial charge < -0.3 is 5.32 Å². The molecule has 2 atom stereocenters. The zero-order valence-electron chi connectivity index (χ0n) is 14.7. The van der Waals surface area contributed by atoms with Crippen LogP contribution < -0.4 is 5.32 Å². The molecule has 0 radical (unpaired) electrons. The van der Waals surface area contributed by atoms with Crippen molar-refractivity contribution in [3.63, 3.8) is 0 Å². The van der Waals surface area contributed by atoms with Crippen molar-refractivity contribution in [3.8, 4) is 0 Å². The maximum Gasteiger partial charge on any atom is 0.148 e. The predicted octanol–water partition coefficient (Wildman–Crippen LogP) is 4.67. The summed E-state index contributed by atoms with van der Waals surface area (Å²) >= 11 is 0. The number of anilines is 1. The Morgan fingerprint density at radius 2 is 1.19 bits per heavy atom. The summed E-state index contributed by atoms with van der Waals surface area (Å²) in [7, 11) is -3.16. The summed E-state index contributed by atoms with van der Waals surface area (Å²) in [5.74, 6) is -0.120. The summed E-state index contributed by atoms with van der Waals surface area (Å²) in [5.41, 5.74) is 3.04. The van der Waals surface area contributed by atoms with Crippen molar-refractivity contribution in [2.75, 3.05) is 17.3 Å². The van der Waals surface area contributed by atoms with E-state index in [9.17, 15) is 8.42 Å². The number of hydrogen-bond acceptors (Lipinski definition) is 3. The van der Waals surface area contributed by atoms with E-state index in [1.54, 1.807) is 0 Å². The molecule has 0 aliphatic heterocycles. The number of para-hydroxylation sites is 1. The van der Waals surface area contributed by atoms with E-state index in [-0.39, 0.29) is 17.7 Å². The van der Waals surface area contributed by atoms with Crippen LogP contribution in [0.1, 0.15) is 23.1 Å². The molecule has 1 N–H and O–H groups in total. The Morgan fingerprint density at radius 3 is 1.69 bits per heavy atom. The Bertz CT molecular complexity index is 910. The van der Waals surface area contributed by atoms with Crippen molar-refractivity contribution in [2.45, 2.75) is 12.0 Å². The molecule has 0 amide bonds. The molecule has 3 nitrogen and oxygen atoms in total. The molecule has 0 spiro atoms. The van der Waals surface area contributed by atoms with Gasteiger partial charge in [-0.2, -0.15) is 0 Å². The third-order valence-corrected chi connectivity index (χ3v) is 5.33. The third kappa shape index (κ3) is 4.96. The molecule has 0 aliphatic carbocycles. The van der Waals surface area contributed by atoms with Crippen LogP contribution in [0.3, 0.4) is 0 Å². The smallest absolute Gasteiger partial charge is 0.148 e. The molecule has 3 aromatic carbocycles. The fourth-order valence-corrected chi connectivity index (χ4v) is 4.24. The van der Waals surface area contributed by atoms with Crippen LogP contribution in [0.25, 0.3) is 0 Å². The van der Waals surface area contributed by atoms with Crippen LogP contribution in [0.15, 0.2) is 91.0 Å². The summed E-state index contributed by atoms with van der Waals surface area (Å²) in [6.45, 7) is 0. The number of benzene rings is 3. The zero-order chi connectivity index (χ0) is 18.4. The molecule has 26 heavy (non-hydrogen) atoms. The van der Waals surface area contributed by atoms with Crippen LogP contribution >= 0.6 is 0 Å². The highest BCUT2D eigenvalue weighted by atomic mass is 32.2. The van der Waals surface area contributed by atoms with Crippen molar-refractivity contribution in [1.82, 2.24) is 0 Å². The highest BCUT2D eigenvalue weighted by Gasteiger charge is 2.28. The summed E-state index contributed by atoms with van der Waals surface area (Å²) in [5, 5.41) is 3.55. The van der Waals surface area contributed by atoms with Gasteiger partial charge in [-0.15, -0.1) is 0 Å². The number of rotatable bonds is 7. The largest absolute Gasteiger partial charge is 0.378 e. The highest BCUT2D eigenvalue weighted by molar-refractivity contribution is 7.90. The molecule has 0 saturated heterocycles. The first-order chi connectivity index (χ1) is 12.5. The molecule has 134 valence electrons. The molecule has 3 rings (SSSR count). The second kappa shape index (κ2) is 8.19. The molecular formula is C22H23NO2S. The Balaban J connectivity index is 2.06. The van der Waals surface area contributed by atoms with E-state index in [0.29, 0.717) is 0 Å². The summed E-state index contributed by atoms with van der Waals surface area (Å²) in [6.07, 6.45) is 1.30. The standard InChI is InChI=1S/C22H23NO2S/c1-26(24,25)17-21(18-11-5-2-6-12-18)22(19-13-7-3-8-14-19)23-20-15-9-4-10-16-20/h2-16,21-23H,17H2,1H3/t21?,22-/m0/s1.